The molecule has 1 amide bonds. The number of para-hydroxylation sites is 2. The molecule has 1 heterocycles. The lowest BCUT2D eigenvalue weighted by molar-refractivity contribution is 0.0671. The first-order valence-electron chi connectivity index (χ1n) is 10.7. The molecule has 5 nitrogen and oxygen atoms in total. The minimum atomic E-state index is -0.478. The maximum Gasteiger partial charge on any atom is 0.266 e. The van der Waals surface area contributed by atoms with Gasteiger partial charge in [0.15, 0.2) is 0 Å². The Bertz CT molecular complexity index is 1320. The lowest BCUT2D eigenvalue weighted by Gasteiger charge is -2.31. The molecule has 0 aliphatic rings. The van der Waals surface area contributed by atoms with Gasteiger partial charge < -0.3 is 4.90 Å². The summed E-state index contributed by atoms with van der Waals surface area (Å²) in [5, 5.41) is 0.509. The fourth-order valence-corrected chi connectivity index (χ4v) is 4.04. The number of halogens is 1. The molecule has 0 saturated carbocycles. The summed E-state index contributed by atoms with van der Waals surface area (Å²) in [4.78, 5) is 33.4. The third kappa shape index (κ3) is 3.91. The van der Waals surface area contributed by atoms with E-state index in [2.05, 4.69) is 0 Å². The molecule has 0 fully saturated rings. The molecule has 6 heteroatoms. The first-order chi connectivity index (χ1) is 15.5. The Morgan fingerprint density at radius 3 is 2.41 bits per heavy atom. The second-order valence-corrected chi connectivity index (χ2v) is 7.49. The van der Waals surface area contributed by atoms with Crippen molar-refractivity contribution < 1.29 is 9.18 Å². The first kappa shape index (κ1) is 21.4. The second kappa shape index (κ2) is 9.14. The Morgan fingerprint density at radius 2 is 1.72 bits per heavy atom. The molecular weight excluding hydrogens is 405 g/mol. The van der Waals surface area contributed by atoms with Crippen LogP contribution in [-0.4, -0.2) is 26.9 Å². The normalized spacial score (nSPS) is 12.0. The highest BCUT2D eigenvalue weighted by molar-refractivity contribution is 5.94. The van der Waals surface area contributed by atoms with E-state index in [1.165, 1.54) is 18.2 Å². The molecule has 0 saturated heterocycles. The predicted octanol–water partition coefficient (Wildman–Crippen LogP) is 5.14. The Morgan fingerprint density at radius 1 is 1.00 bits per heavy atom. The third-order valence-corrected chi connectivity index (χ3v) is 5.55. The Hall–Kier alpha value is -3.80. The number of hydrogen-bond acceptors (Lipinski definition) is 3. The van der Waals surface area contributed by atoms with Gasteiger partial charge in [0.25, 0.3) is 11.5 Å². The van der Waals surface area contributed by atoms with Crippen LogP contribution < -0.4 is 5.56 Å². The highest BCUT2D eigenvalue weighted by Crippen LogP contribution is 2.27. The zero-order valence-electron chi connectivity index (χ0n) is 18.0. The number of benzene rings is 3. The third-order valence-electron chi connectivity index (χ3n) is 5.55. The topological polar surface area (TPSA) is 55.2 Å². The first-order valence-corrected chi connectivity index (χ1v) is 10.7. The average Bonchev–Trinajstić information content (AvgIpc) is 2.82. The van der Waals surface area contributed by atoms with Crippen molar-refractivity contribution in [3.05, 3.63) is 106 Å². The summed E-state index contributed by atoms with van der Waals surface area (Å²) in [5.74, 6) is -0.292. The van der Waals surface area contributed by atoms with Crippen molar-refractivity contribution in [1.29, 1.82) is 0 Å². The van der Waals surface area contributed by atoms with E-state index in [4.69, 9.17) is 4.98 Å². The maximum absolute atomic E-state index is 13.8. The molecule has 1 aromatic heterocycles. The average molecular weight is 429 g/mol. The molecule has 0 aliphatic heterocycles. The lowest BCUT2D eigenvalue weighted by atomic mass is 10.1. The molecule has 0 spiro atoms. The molecule has 0 bridgehead atoms. The van der Waals surface area contributed by atoms with Gasteiger partial charge in [0.2, 0.25) is 0 Å². The molecule has 4 aromatic rings. The minimum Gasteiger partial charge on any atom is -0.329 e. The number of hydrogen-bond donors (Lipinski definition) is 0. The standard InChI is InChI=1S/C26H24FN3O2/c1-3-23(29(4-2)25(31)18-11-10-12-19(27)17-18)24-28-22-16-9-8-15-21(22)26(32)30(24)20-13-6-5-7-14-20/h5-17,23H,3-4H2,1-2H3. The number of carbonyl (C=O) groups excluding carboxylic acids is 1. The van der Waals surface area contributed by atoms with Crippen LogP contribution >= 0.6 is 0 Å². The van der Waals surface area contributed by atoms with Crippen LogP contribution in [-0.2, 0) is 0 Å². The van der Waals surface area contributed by atoms with Gasteiger partial charge >= 0.3 is 0 Å². The summed E-state index contributed by atoms with van der Waals surface area (Å²) in [6.07, 6.45) is 0.534. The van der Waals surface area contributed by atoms with E-state index in [1.54, 1.807) is 27.7 Å². The van der Waals surface area contributed by atoms with E-state index in [9.17, 15) is 14.0 Å². The van der Waals surface area contributed by atoms with Crippen LogP contribution in [0, 0.1) is 5.82 Å². The number of carbonyl (C=O) groups is 1. The molecule has 32 heavy (non-hydrogen) atoms. The molecule has 3 aromatic carbocycles. The van der Waals surface area contributed by atoms with Gasteiger partial charge in [-0.25, -0.2) is 9.37 Å². The van der Waals surface area contributed by atoms with Crippen LogP contribution in [0.4, 0.5) is 4.39 Å². The van der Waals surface area contributed by atoms with Crippen LogP contribution in [0.2, 0.25) is 0 Å². The zero-order valence-corrected chi connectivity index (χ0v) is 18.0. The number of fused-ring (bicyclic) bond motifs is 1. The Labute approximate surface area is 185 Å². The summed E-state index contributed by atoms with van der Waals surface area (Å²) in [7, 11) is 0. The largest absolute Gasteiger partial charge is 0.329 e. The number of aromatic nitrogens is 2. The lowest BCUT2D eigenvalue weighted by Crippen LogP contribution is -2.38. The van der Waals surface area contributed by atoms with E-state index in [-0.39, 0.29) is 17.0 Å². The summed E-state index contributed by atoms with van der Waals surface area (Å²) in [6, 6.07) is 21.7. The molecule has 0 N–H and O–H groups in total. The molecule has 0 radical (unpaired) electrons. The van der Waals surface area contributed by atoms with Crippen LogP contribution in [0.5, 0.6) is 0 Å². The van der Waals surface area contributed by atoms with E-state index >= 15 is 0 Å². The fraction of sp³-hybridized carbons (Fsp3) is 0.192. The van der Waals surface area contributed by atoms with Crippen molar-refractivity contribution in [3.8, 4) is 5.69 Å². The van der Waals surface area contributed by atoms with Gasteiger partial charge in [-0.15, -0.1) is 0 Å². The van der Waals surface area contributed by atoms with Crippen LogP contribution in [0.3, 0.4) is 0 Å². The molecule has 4 rings (SSSR count). The second-order valence-electron chi connectivity index (χ2n) is 7.49. The summed E-state index contributed by atoms with van der Waals surface area (Å²) < 4.78 is 15.4. The van der Waals surface area contributed by atoms with Crippen molar-refractivity contribution in [3.63, 3.8) is 0 Å². The molecule has 1 unspecified atom stereocenters. The summed E-state index contributed by atoms with van der Waals surface area (Å²) >= 11 is 0. The van der Waals surface area contributed by atoms with Gasteiger partial charge in [-0.05, 0) is 55.8 Å². The quantitative estimate of drug-likeness (QED) is 0.427. The van der Waals surface area contributed by atoms with Crippen LogP contribution in [0.15, 0.2) is 83.7 Å². The van der Waals surface area contributed by atoms with Crippen molar-refractivity contribution in [1.82, 2.24) is 14.5 Å². The van der Waals surface area contributed by atoms with Crippen molar-refractivity contribution >= 4 is 16.8 Å². The van der Waals surface area contributed by atoms with Gasteiger partial charge in [-0.3, -0.25) is 14.2 Å². The minimum absolute atomic E-state index is 0.190. The van der Waals surface area contributed by atoms with Gasteiger partial charge in [-0.2, -0.15) is 0 Å². The van der Waals surface area contributed by atoms with Gasteiger partial charge in [0.05, 0.1) is 22.6 Å². The van der Waals surface area contributed by atoms with Crippen LogP contribution in [0.1, 0.15) is 42.5 Å². The maximum atomic E-state index is 13.8. The predicted molar refractivity (Wildman–Crippen MR) is 123 cm³/mol. The monoisotopic (exact) mass is 429 g/mol. The van der Waals surface area contributed by atoms with Gasteiger partial charge in [0, 0.05) is 12.1 Å². The van der Waals surface area contributed by atoms with Crippen molar-refractivity contribution in [2.75, 3.05) is 6.54 Å². The Kier molecular flexibility index (Phi) is 6.12. The van der Waals surface area contributed by atoms with Crippen LogP contribution in [0.25, 0.3) is 16.6 Å². The van der Waals surface area contributed by atoms with E-state index in [0.717, 1.165) is 0 Å². The smallest absolute Gasteiger partial charge is 0.266 e. The summed E-state index contributed by atoms with van der Waals surface area (Å²) in [6.45, 7) is 4.19. The number of amides is 1. The van der Waals surface area contributed by atoms with E-state index in [0.29, 0.717) is 35.4 Å². The molecular formula is C26H24FN3O2. The summed E-state index contributed by atoms with van der Waals surface area (Å²) in [5.41, 5.74) is 1.33. The fourth-order valence-electron chi connectivity index (χ4n) is 4.04. The van der Waals surface area contributed by atoms with Crippen molar-refractivity contribution in [2.45, 2.75) is 26.3 Å². The molecule has 1 atom stereocenters. The van der Waals surface area contributed by atoms with E-state index < -0.39 is 11.9 Å². The molecule has 0 aliphatic carbocycles. The highest BCUT2D eigenvalue weighted by atomic mass is 19.1. The zero-order chi connectivity index (χ0) is 22.7. The SMILES string of the molecule is CCC(c1nc2ccccc2c(=O)n1-c1ccccc1)N(CC)C(=O)c1cccc(F)c1. The number of rotatable bonds is 6. The van der Waals surface area contributed by atoms with Gasteiger partial charge in [0.1, 0.15) is 11.6 Å². The Balaban J connectivity index is 1.93. The van der Waals surface area contributed by atoms with E-state index in [1.807, 2.05) is 56.3 Å². The molecule has 162 valence electrons. The van der Waals surface area contributed by atoms with Gasteiger partial charge in [-0.1, -0.05) is 43.3 Å². The van der Waals surface area contributed by atoms with Crippen molar-refractivity contribution in [2.24, 2.45) is 0 Å². The highest BCUT2D eigenvalue weighted by Gasteiger charge is 2.28. The number of nitrogens with zero attached hydrogens (tertiary/aromatic N) is 3.